The summed E-state index contributed by atoms with van der Waals surface area (Å²) >= 11 is 0. The predicted octanol–water partition coefficient (Wildman–Crippen LogP) is 2.69. The molecule has 3 heterocycles. The van der Waals surface area contributed by atoms with Crippen molar-refractivity contribution in [2.75, 3.05) is 23.7 Å². The van der Waals surface area contributed by atoms with E-state index in [2.05, 4.69) is 25.9 Å². The molecule has 10 heteroatoms. The Morgan fingerprint density at radius 3 is 1.93 bits per heavy atom. The molecule has 0 spiro atoms. The highest BCUT2D eigenvalue weighted by molar-refractivity contribution is 6.01. The molecule has 0 aromatic carbocycles. The Bertz CT molecular complexity index is 713. The highest BCUT2D eigenvalue weighted by Gasteiger charge is 2.43. The number of rotatable bonds is 5. The molecule has 2 amide bonds. The average Bonchev–Trinajstić information content (AvgIpc) is 3.06. The number of hydrogen-bond acceptors (Lipinski definition) is 5. The number of aromatic nitrogens is 2. The lowest BCUT2D eigenvalue weighted by molar-refractivity contribution is -0.129. The molecule has 1 aliphatic rings. The summed E-state index contributed by atoms with van der Waals surface area (Å²) in [5, 5.41) is 8.89. The SMILES string of the molecule is Cl.Cl.Cl.O=C(CC1(C(=O)Nc2ccncc2)CCNC1)Nc1ccncc1. The number of pyridine rings is 2. The van der Waals surface area contributed by atoms with Crippen LogP contribution >= 0.6 is 37.2 Å². The fourth-order valence-corrected chi connectivity index (χ4v) is 2.82. The van der Waals surface area contributed by atoms with Crippen LogP contribution in [0.5, 0.6) is 0 Å². The zero-order chi connectivity index (χ0) is 16.8. The summed E-state index contributed by atoms with van der Waals surface area (Å²) < 4.78 is 0. The summed E-state index contributed by atoms with van der Waals surface area (Å²) in [5.74, 6) is -0.335. The molecular formula is C17H22Cl3N5O2. The fraction of sp³-hybridized carbons (Fsp3) is 0.294. The Kier molecular flexibility index (Phi) is 10.9. The summed E-state index contributed by atoms with van der Waals surface area (Å²) in [6, 6.07) is 6.89. The Balaban J connectivity index is 0.00000225. The third kappa shape index (κ3) is 6.62. The summed E-state index contributed by atoms with van der Waals surface area (Å²) in [6.07, 6.45) is 7.20. The predicted molar refractivity (Wildman–Crippen MR) is 112 cm³/mol. The molecule has 0 aliphatic carbocycles. The molecule has 7 nitrogen and oxygen atoms in total. The summed E-state index contributed by atoms with van der Waals surface area (Å²) in [7, 11) is 0. The number of nitrogens with one attached hydrogen (secondary N) is 3. The van der Waals surface area contributed by atoms with Crippen molar-refractivity contribution in [2.45, 2.75) is 12.8 Å². The van der Waals surface area contributed by atoms with E-state index in [1.165, 1.54) is 0 Å². The minimum absolute atomic E-state index is 0. The van der Waals surface area contributed by atoms with E-state index < -0.39 is 5.41 Å². The molecule has 1 aliphatic heterocycles. The van der Waals surface area contributed by atoms with Crippen molar-refractivity contribution in [1.29, 1.82) is 0 Å². The largest absolute Gasteiger partial charge is 0.326 e. The molecule has 1 saturated heterocycles. The first-order valence-electron chi connectivity index (χ1n) is 7.80. The van der Waals surface area contributed by atoms with Crippen molar-refractivity contribution >= 4 is 60.4 Å². The van der Waals surface area contributed by atoms with Crippen LogP contribution in [0, 0.1) is 5.41 Å². The molecule has 2 aromatic rings. The minimum Gasteiger partial charge on any atom is -0.326 e. The molecule has 1 unspecified atom stereocenters. The van der Waals surface area contributed by atoms with Gasteiger partial charge in [0.05, 0.1) is 5.41 Å². The van der Waals surface area contributed by atoms with Crippen LogP contribution in [0.4, 0.5) is 11.4 Å². The van der Waals surface area contributed by atoms with Gasteiger partial charge in [0.1, 0.15) is 0 Å². The maximum Gasteiger partial charge on any atom is 0.232 e. The van der Waals surface area contributed by atoms with E-state index in [0.29, 0.717) is 30.9 Å². The number of carbonyl (C=O) groups is 2. The molecule has 148 valence electrons. The molecule has 3 rings (SSSR count). The van der Waals surface area contributed by atoms with Gasteiger partial charge in [0.15, 0.2) is 0 Å². The topological polar surface area (TPSA) is 96.0 Å². The van der Waals surface area contributed by atoms with Crippen LogP contribution in [-0.2, 0) is 9.59 Å². The van der Waals surface area contributed by atoms with E-state index in [9.17, 15) is 9.59 Å². The number of nitrogens with zero attached hydrogens (tertiary/aromatic N) is 2. The van der Waals surface area contributed by atoms with Crippen molar-refractivity contribution < 1.29 is 9.59 Å². The van der Waals surface area contributed by atoms with Crippen LogP contribution in [0.25, 0.3) is 0 Å². The molecule has 3 N–H and O–H groups in total. The van der Waals surface area contributed by atoms with Crippen molar-refractivity contribution in [3.05, 3.63) is 49.1 Å². The number of halogens is 3. The smallest absolute Gasteiger partial charge is 0.232 e. The Hall–Kier alpha value is -1.93. The van der Waals surface area contributed by atoms with E-state index >= 15 is 0 Å². The van der Waals surface area contributed by atoms with Gasteiger partial charge in [-0.15, -0.1) is 37.2 Å². The maximum absolute atomic E-state index is 12.8. The van der Waals surface area contributed by atoms with Gasteiger partial charge in [-0.05, 0) is 37.2 Å². The standard InChI is InChI=1S/C17H19N5O2.3ClH/c23-15(21-13-1-6-18-7-2-13)11-17(5-10-20-12-17)16(24)22-14-3-8-19-9-4-14;;;/h1-4,6-9,20H,5,10-12H2,(H,18,21,23)(H,19,22,24);3*1H. The molecule has 0 saturated carbocycles. The molecule has 2 aromatic heterocycles. The van der Waals surface area contributed by atoms with Crippen LogP contribution in [0.2, 0.25) is 0 Å². The van der Waals surface area contributed by atoms with Crippen molar-refractivity contribution in [2.24, 2.45) is 5.41 Å². The van der Waals surface area contributed by atoms with E-state index in [-0.39, 0.29) is 55.5 Å². The molecule has 0 bridgehead atoms. The molecule has 1 fully saturated rings. The van der Waals surface area contributed by atoms with Crippen molar-refractivity contribution in [3.63, 3.8) is 0 Å². The van der Waals surface area contributed by atoms with Gasteiger partial charge in [-0.3, -0.25) is 19.6 Å². The van der Waals surface area contributed by atoms with Gasteiger partial charge >= 0.3 is 0 Å². The summed E-state index contributed by atoms with van der Waals surface area (Å²) in [5.41, 5.74) is 0.599. The van der Waals surface area contributed by atoms with E-state index in [1.807, 2.05) is 0 Å². The number of anilines is 2. The van der Waals surface area contributed by atoms with Gasteiger partial charge in [-0.25, -0.2) is 0 Å². The quantitative estimate of drug-likeness (QED) is 0.672. The van der Waals surface area contributed by atoms with Gasteiger partial charge in [-0.2, -0.15) is 0 Å². The van der Waals surface area contributed by atoms with Gasteiger partial charge in [-0.1, -0.05) is 0 Å². The molecule has 1 atom stereocenters. The third-order valence-corrected chi connectivity index (χ3v) is 4.13. The maximum atomic E-state index is 12.8. The molecular weight excluding hydrogens is 413 g/mol. The van der Waals surface area contributed by atoms with Crippen LogP contribution in [-0.4, -0.2) is 34.9 Å². The monoisotopic (exact) mass is 433 g/mol. The third-order valence-electron chi connectivity index (χ3n) is 4.13. The van der Waals surface area contributed by atoms with Crippen LogP contribution in [0.1, 0.15) is 12.8 Å². The fourth-order valence-electron chi connectivity index (χ4n) is 2.82. The Morgan fingerprint density at radius 2 is 1.44 bits per heavy atom. The average molecular weight is 435 g/mol. The minimum atomic E-state index is -0.750. The lowest BCUT2D eigenvalue weighted by Crippen LogP contribution is -2.41. The van der Waals surface area contributed by atoms with Gasteiger partial charge in [0, 0.05) is 49.1 Å². The second kappa shape index (κ2) is 11.7. The van der Waals surface area contributed by atoms with Crippen LogP contribution in [0.3, 0.4) is 0 Å². The summed E-state index contributed by atoms with van der Waals surface area (Å²) in [6.45, 7) is 1.19. The van der Waals surface area contributed by atoms with E-state index in [4.69, 9.17) is 0 Å². The lowest BCUT2D eigenvalue weighted by Gasteiger charge is -2.26. The van der Waals surface area contributed by atoms with E-state index in [1.54, 1.807) is 49.1 Å². The van der Waals surface area contributed by atoms with Crippen molar-refractivity contribution in [1.82, 2.24) is 15.3 Å². The highest BCUT2D eigenvalue weighted by atomic mass is 35.5. The first-order valence-corrected chi connectivity index (χ1v) is 7.80. The van der Waals surface area contributed by atoms with E-state index in [0.717, 1.165) is 0 Å². The van der Waals surface area contributed by atoms with Gasteiger partial charge in [0.25, 0.3) is 0 Å². The number of hydrogen-bond donors (Lipinski definition) is 3. The van der Waals surface area contributed by atoms with Gasteiger partial charge in [0.2, 0.25) is 11.8 Å². The highest BCUT2D eigenvalue weighted by Crippen LogP contribution is 2.31. The van der Waals surface area contributed by atoms with Crippen molar-refractivity contribution in [3.8, 4) is 0 Å². The second-order valence-corrected chi connectivity index (χ2v) is 5.86. The Morgan fingerprint density at radius 1 is 0.926 bits per heavy atom. The number of amides is 2. The normalized spacial score (nSPS) is 17.5. The zero-order valence-corrected chi connectivity index (χ0v) is 16.8. The first-order chi connectivity index (χ1) is 11.7. The first kappa shape index (κ1) is 25.1. The molecule has 27 heavy (non-hydrogen) atoms. The summed E-state index contributed by atoms with van der Waals surface area (Å²) in [4.78, 5) is 33.0. The van der Waals surface area contributed by atoms with Gasteiger partial charge < -0.3 is 16.0 Å². The van der Waals surface area contributed by atoms with Crippen LogP contribution < -0.4 is 16.0 Å². The number of carbonyl (C=O) groups excluding carboxylic acids is 2. The van der Waals surface area contributed by atoms with Crippen LogP contribution in [0.15, 0.2) is 49.1 Å². The molecule has 0 radical (unpaired) electrons. The zero-order valence-electron chi connectivity index (χ0n) is 14.4. The Labute approximate surface area is 176 Å². The second-order valence-electron chi connectivity index (χ2n) is 5.86. The lowest BCUT2D eigenvalue weighted by atomic mass is 9.82.